The van der Waals surface area contributed by atoms with Gasteiger partial charge in [-0.1, -0.05) is 46.9 Å². The van der Waals surface area contributed by atoms with E-state index in [1.54, 1.807) is 24.8 Å². The lowest BCUT2D eigenvalue weighted by Gasteiger charge is -2.07. The Bertz CT molecular complexity index is 584. The van der Waals surface area contributed by atoms with Gasteiger partial charge in [0.15, 0.2) is 8.68 Å². The van der Waals surface area contributed by atoms with E-state index < -0.39 is 0 Å². The zero-order valence-corrected chi connectivity index (χ0v) is 13.7. The smallest absolute Gasteiger partial charge is 0.240 e. The van der Waals surface area contributed by atoms with Gasteiger partial charge in [-0.2, -0.15) is 0 Å². The summed E-state index contributed by atoms with van der Waals surface area (Å²) in [4.78, 5) is 12.0. The Kier molecular flexibility index (Phi) is 5.44. The minimum Gasteiger partial charge on any atom is -0.338 e. The number of carbonyl (C=O) groups excluding carboxylic acids is 1. The molecule has 0 aromatic carbocycles. The van der Waals surface area contributed by atoms with Crippen LogP contribution in [-0.2, 0) is 4.79 Å². The number of anilines is 1. The predicted octanol–water partition coefficient (Wildman–Crippen LogP) is 3.07. The first-order chi connectivity index (χ1) is 9.58. The van der Waals surface area contributed by atoms with Gasteiger partial charge in [-0.3, -0.25) is 10.1 Å². The molecule has 0 fully saturated rings. The van der Waals surface area contributed by atoms with E-state index in [2.05, 4.69) is 27.6 Å². The van der Waals surface area contributed by atoms with Gasteiger partial charge in [-0.25, -0.2) is 0 Å². The molecule has 2 aromatic rings. The average molecular weight is 330 g/mol. The molecule has 2 heterocycles. The largest absolute Gasteiger partial charge is 0.338 e. The van der Waals surface area contributed by atoms with Crippen LogP contribution < -0.4 is 5.32 Å². The molecule has 0 bridgehead atoms. The first-order valence-electron chi connectivity index (χ1n) is 5.95. The van der Waals surface area contributed by atoms with E-state index >= 15 is 0 Å². The quantitative estimate of drug-likeness (QED) is 0.815. The predicted molar refractivity (Wildman–Crippen MR) is 81.5 cm³/mol. The summed E-state index contributed by atoms with van der Waals surface area (Å²) in [5, 5.41) is 14.2. The van der Waals surface area contributed by atoms with Gasteiger partial charge in [0.05, 0.1) is 10.9 Å². The number of nitrogens with one attached hydrogen (secondary N) is 1. The molecule has 0 spiro atoms. The molecule has 0 aliphatic carbocycles. The molecule has 1 atom stereocenters. The van der Waals surface area contributed by atoms with Crippen molar-refractivity contribution in [3.8, 4) is 0 Å². The lowest BCUT2D eigenvalue weighted by Crippen LogP contribution is -2.22. The Hall–Kier alpha value is -1.06. The number of aryl methyl sites for hydroxylation is 1. The Morgan fingerprint density at radius 3 is 2.90 bits per heavy atom. The van der Waals surface area contributed by atoms with Crippen molar-refractivity contribution in [2.75, 3.05) is 11.1 Å². The highest BCUT2D eigenvalue weighted by Gasteiger charge is 2.18. The molecular formula is C11H14N4O2S3. The Morgan fingerprint density at radius 1 is 1.50 bits per heavy atom. The van der Waals surface area contributed by atoms with Crippen molar-refractivity contribution in [2.45, 2.75) is 34.7 Å². The summed E-state index contributed by atoms with van der Waals surface area (Å²) in [5.74, 6) is 1.17. The van der Waals surface area contributed by atoms with Gasteiger partial charge in [-0.05, 0) is 19.6 Å². The van der Waals surface area contributed by atoms with Gasteiger partial charge < -0.3 is 4.52 Å². The molecule has 2 rings (SSSR count). The maximum Gasteiger partial charge on any atom is 0.240 e. The SMILES string of the molecule is CCSc1nnc(SC(C)C(=O)Nc2cc(C)no2)s1. The number of nitrogens with zero attached hydrogens (tertiary/aromatic N) is 3. The lowest BCUT2D eigenvalue weighted by atomic mass is 10.4. The molecule has 0 saturated carbocycles. The second kappa shape index (κ2) is 7.09. The summed E-state index contributed by atoms with van der Waals surface area (Å²) < 4.78 is 6.67. The van der Waals surface area contributed by atoms with E-state index in [4.69, 9.17) is 4.52 Å². The monoisotopic (exact) mass is 330 g/mol. The summed E-state index contributed by atoms with van der Waals surface area (Å²) >= 11 is 4.53. The normalized spacial score (nSPS) is 12.3. The van der Waals surface area contributed by atoms with Crippen LogP contribution in [0.5, 0.6) is 0 Å². The number of thioether (sulfide) groups is 2. The average Bonchev–Trinajstić information content (AvgIpc) is 2.99. The summed E-state index contributed by atoms with van der Waals surface area (Å²) in [7, 11) is 0. The van der Waals surface area contributed by atoms with Crippen molar-refractivity contribution in [2.24, 2.45) is 0 Å². The van der Waals surface area contributed by atoms with Gasteiger partial charge in [0.25, 0.3) is 0 Å². The molecule has 0 aliphatic rings. The molecule has 9 heteroatoms. The highest BCUT2D eigenvalue weighted by molar-refractivity contribution is 8.03. The number of carbonyl (C=O) groups is 1. The van der Waals surface area contributed by atoms with Crippen LogP contribution >= 0.6 is 34.9 Å². The number of amides is 1. The first kappa shape index (κ1) is 15.3. The summed E-state index contributed by atoms with van der Waals surface area (Å²) in [5.41, 5.74) is 0.728. The third-order valence-corrected chi connectivity index (χ3v) is 5.30. The van der Waals surface area contributed by atoms with Crippen molar-refractivity contribution in [1.82, 2.24) is 15.4 Å². The van der Waals surface area contributed by atoms with Crippen LogP contribution in [0, 0.1) is 6.92 Å². The van der Waals surface area contributed by atoms with Gasteiger partial charge in [0.1, 0.15) is 0 Å². The summed E-state index contributed by atoms with van der Waals surface area (Å²) in [6.45, 7) is 5.68. The Labute approximate surface area is 129 Å². The van der Waals surface area contributed by atoms with Crippen molar-refractivity contribution in [3.05, 3.63) is 11.8 Å². The lowest BCUT2D eigenvalue weighted by molar-refractivity contribution is -0.115. The van der Waals surface area contributed by atoms with E-state index in [1.807, 2.05) is 6.92 Å². The topological polar surface area (TPSA) is 80.9 Å². The fourth-order valence-electron chi connectivity index (χ4n) is 1.28. The van der Waals surface area contributed by atoms with Crippen molar-refractivity contribution >= 4 is 46.7 Å². The van der Waals surface area contributed by atoms with Gasteiger partial charge in [0, 0.05) is 6.07 Å². The van der Waals surface area contributed by atoms with Crippen LogP contribution in [0.1, 0.15) is 19.5 Å². The zero-order valence-electron chi connectivity index (χ0n) is 11.2. The van der Waals surface area contributed by atoms with Crippen LogP contribution in [-0.4, -0.2) is 32.3 Å². The Balaban J connectivity index is 1.89. The molecule has 1 unspecified atom stereocenters. The van der Waals surface area contributed by atoms with Crippen molar-refractivity contribution < 1.29 is 9.32 Å². The van der Waals surface area contributed by atoms with Crippen molar-refractivity contribution in [3.63, 3.8) is 0 Å². The molecule has 1 N–H and O–H groups in total. The van der Waals surface area contributed by atoms with Crippen LogP contribution in [0.4, 0.5) is 5.88 Å². The highest BCUT2D eigenvalue weighted by Crippen LogP contribution is 2.31. The van der Waals surface area contributed by atoms with Gasteiger partial charge >= 0.3 is 0 Å². The molecule has 1 amide bonds. The molecule has 0 saturated heterocycles. The number of rotatable bonds is 6. The number of hydrogen-bond donors (Lipinski definition) is 1. The van der Waals surface area contributed by atoms with Crippen LogP contribution in [0.15, 0.2) is 19.3 Å². The minimum atomic E-state index is -0.284. The molecule has 20 heavy (non-hydrogen) atoms. The van der Waals surface area contributed by atoms with E-state index in [9.17, 15) is 4.79 Å². The first-order valence-corrected chi connectivity index (χ1v) is 8.63. The second-order valence-electron chi connectivity index (χ2n) is 3.85. The van der Waals surface area contributed by atoms with E-state index in [0.29, 0.717) is 5.88 Å². The molecule has 6 nitrogen and oxygen atoms in total. The molecule has 0 radical (unpaired) electrons. The third-order valence-electron chi connectivity index (χ3n) is 2.18. The summed E-state index contributed by atoms with van der Waals surface area (Å²) in [6, 6.07) is 1.68. The maximum absolute atomic E-state index is 12.0. The molecular weight excluding hydrogens is 316 g/mol. The van der Waals surface area contributed by atoms with Gasteiger partial charge in [0.2, 0.25) is 11.8 Å². The van der Waals surface area contributed by atoms with E-state index in [1.165, 1.54) is 23.1 Å². The van der Waals surface area contributed by atoms with Gasteiger partial charge in [-0.15, -0.1) is 10.2 Å². The fourth-order valence-corrected chi connectivity index (χ4v) is 4.34. The maximum atomic E-state index is 12.0. The second-order valence-corrected chi connectivity index (χ2v) is 7.93. The summed E-state index contributed by atoms with van der Waals surface area (Å²) in [6.07, 6.45) is 0. The fraction of sp³-hybridized carbons (Fsp3) is 0.455. The zero-order chi connectivity index (χ0) is 14.5. The van der Waals surface area contributed by atoms with Crippen LogP contribution in [0.2, 0.25) is 0 Å². The third kappa shape index (κ3) is 4.22. The molecule has 0 aliphatic heterocycles. The molecule has 2 aromatic heterocycles. The van der Waals surface area contributed by atoms with E-state index in [0.717, 1.165) is 20.1 Å². The molecule has 108 valence electrons. The number of aromatic nitrogens is 3. The van der Waals surface area contributed by atoms with E-state index in [-0.39, 0.29) is 11.2 Å². The minimum absolute atomic E-state index is 0.147. The standard InChI is InChI=1S/C11H14N4O2S3/c1-4-18-10-13-14-11(20-10)19-7(3)9(16)12-8-5-6(2)15-17-8/h5,7H,4H2,1-3H3,(H,12,16). The Morgan fingerprint density at radius 2 is 2.25 bits per heavy atom. The van der Waals surface area contributed by atoms with Crippen LogP contribution in [0.25, 0.3) is 0 Å². The highest BCUT2D eigenvalue weighted by atomic mass is 32.2. The number of hydrogen-bond acceptors (Lipinski definition) is 8. The van der Waals surface area contributed by atoms with Crippen LogP contribution in [0.3, 0.4) is 0 Å². The van der Waals surface area contributed by atoms with Crippen molar-refractivity contribution in [1.29, 1.82) is 0 Å².